The van der Waals surface area contributed by atoms with Crippen molar-refractivity contribution in [3.63, 3.8) is 0 Å². The highest BCUT2D eigenvalue weighted by Crippen LogP contribution is 2.54. The third kappa shape index (κ3) is 4.88. The van der Waals surface area contributed by atoms with E-state index >= 15 is 0 Å². The first-order valence-electron chi connectivity index (χ1n) is 12.7. The summed E-state index contributed by atoms with van der Waals surface area (Å²) in [7, 11) is 0. The molecule has 5 rings (SSSR count). The number of hydrogen-bond donors (Lipinski definition) is 2. The topological polar surface area (TPSA) is 89.6 Å². The molecular weight excluding hydrogens is 430 g/mol. The smallest absolute Gasteiger partial charge is 0.225 e. The Hall–Kier alpha value is -3.09. The van der Waals surface area contributed by atoms with Crippen molar-refractivity contribution in [2.45, 2.75) is 89.2 Å². The highest BCUT2D eigenvalue weighted by molar-refractivity contribution is 5.93. The van der Waals surface area contributed by atoms with E-state index in [1.807, 2.05) is 24.3 Å². The van der Waals surface area contributed by atoms with Gasteiger partial charge in [0, 0.05) is 30.2 Å². The van der Waals surface area contributed by atoms with Crippen LogP contribution in [0.4, 0.5) is 5.82 Å². The first kappa shape index (κ1) is 22.7. The molecule has 1 saturated carbocycles. The van der Waals surface area contributed by atoms with Crippen LogP contribution in [0.3, 0.4) is 0 Å². The summed E-state index contributed by atoms with van der Waals surface area (Å²) in [4.78, 5) is 28.3. The minimum atomic E-state index is -0.0216. The number of rotatable bonds is 11. The van der Waals surface area contributed by atoms with E-state index in [-0.39, 0.29) is 29.9 Å². The van der Waals surface area contributed by atoms with E-state index in [0.717, 1.165) is 29.7 Å². The predicted molar refractivity (Wildman–Crippen MR) is 129 cm³/mol. The van der Waals surface area contributed by atoms with E-state index in [1.165, 1.54) is 32.1 Å². The molecule has 180 valence electrons. The van der Waals surface area contributed by atoms with Gasteiger partial charge in [-0.25, -0.2) is 4.98 Å². The lowest BCUT2D eigenvalue weighted by atomic mass is 10.1. The first-order valence-corrected chi connectivity index (χ1v) is 12.7. The lowest BCUT2D eigenvalue weighted by Crippen LogP contribution is -2.29. The highest BCUT2D eigenvalue weighted by Gasteiger charge is 2.59. The molecule has 2 amide bonds. The summed E-state index contributed by atoms with van der Waals surface area (Å²) in [5.74, 6) is 3.14. The summed E-state index contributed by atoms with van der Waals surface area (Å²) in [6.07, 6.45) is 11.7. The minimum Gasteiger partial charge on any atom is -0.487 e. The molecule has 7 nitrogen and oxygen atoms in total. The molecule has 7 heteroatoms. The summed E-state index contributed by atoms with van der Waals surface area (Å²) < 4.78 is 12.2. The quantitative estimate of drug-likeness (QED) is 0.445. The summed E-state index contributed by atoms with van der Waals surface area (Å²) in [6.45, 7) is 2.22. The van der Waals surface area contributed by atoms with Crippen molar-refractivity contribution in [1.29, 1.82) is 0 Å². The fraction of sp³-hybridized carbons (Fsp3) is 0.519. The van der Waals surface area contributed by atoms with E-state index in [1.54, 1.807) is 6.20 Å². The molecule has 0 bridgehead atoms. The number of pyridine rings is 1. The van der Waals surface area contributed by atoms with Crippen LogP contribution in [0.2, 0.25) is 0 Å². The van der Waals surface area contributed by atoms with Crippen molar-refractivity contribution < 1.29 is 19.1 Å². The van der Waals surface area contributed by atoms with Crippen molar-refractivity contribution in [3.05, 3.63) is 41.6 Å². The van der Waals surface area contributed by atoms with Gasteiger partial charge < -0.3 is 20.1 Å². The van der Waals surface area contributed by atoms with Crippen LogP contribution in [0, 0.1) is 0 Å². The molecule has 1 aromatic heterocycles. The number of unbranched alkanes of at least 4 members (excludes halogenated alkanes) is 6. The third-order valence-electron chi connectivity index (χ3n) is 6.99. The maximum absolute atomic E-state index is 12.4. The number of benzene rings is 1. The van der Waals surface area contributed by atoms with Gasteiger partial charge in [0.15, 0.2) is 0 Å². The molecule has 2 N–H and O–H groups in total. The molecule has 2 aliphatic heterocycles. The van der Waals surface area contributed by atoms with E-state index < -0.39 is 0 Å². The number of ether oxygens (including phenoxy) is 2. The number of carbonyl (C=O) groups is 2. The Bertz CT molecular complexity index is 1070. The molecule has 1 aliphatic carbocycles. The average Bonchev–Trinajstić information content (AvgIpc) is 3.34. The van der Waals surface area contributed by atoms with Crippen LogP contribution in [0.25, 0.3) is 0 Å². The second-order valence-corrected chi connectivity index (χ2v) is 9.56. The van der Waals surface area contributed by atoms with Crippen molar-refractivity contribution >= 4 is 17.6 Å². The maximum Gasteiger partial charge on any atom is 0.225 e. The zero-order chi connectivity index (χ0) is 23.5. The lowest BCUT2D eigenvalue weighted by molar-refractivity contribution is -0.121. The lowest BCUT2D eigenvalue weighted by Gasteiger charge is -2.19. The van der Waals surface area contributed by atoms with Gasteiger partial charge in [-0.2, -0.15) is 0 Å². The van der Waals surface area contributed by atoms with Gasteiger partial charge in [0.2, 0.25) is 11.8 Å². The molecule has 3 aliphatic rings. The summed E-state index contributed by atoms with van der Waals surface area (Å²) >= 11 is 0. The fourth-order valence-electron chi connectivity index (χ4n) is 5.06. The highest BCUT2D eigenvalue weighted by atomic mass is 16.5. The zero-order valence-corrected chi connectivity index (χ0v) is 19.8. The Morgan fingerprint density at radius 1 is 1.15 bits per heavy atom. The molecular formula is C27H33N3O4. The Morgan fingerprint density at radius 2 is 1.97 bits per heavy atom. The van der Waals surface area contributed by atoms with Crippen molar-refractivity contribution in [2.24, 2.45) is 0 Å². The average molecular weight is 464 g/mol. The number of nitrogens with zero attached hydrogens (tertiary/aromatic N) is 1. The van der Waals surface area contributed by atoms with E-state index in [2.05, 4.69) is 22.5 Å². The number of carbonyl (C=O) groups excluding carboxylic acids is 2. The molecule has 2 aromatic rings. The SMILES string of the molecule is CCCCCCCCCC(=O)N[C@H]1[C@H]2Oc3ccc(Oc4ccnc5c4CCC(=O)N5)cc3[C@@H]12. The summed E-state index contributed by atoms with van der Waals surface area (Å²) in [5, 5.41) is 5.97. The third-order valence-corrected chi connectivity index (χ3v) is 6.99. The van der Waals surface area contributed by atoms with E-state index in [9.17, 15) is 9.59 Å². The molecule has 34 heavy (non-hydrogen) atoms. The second-order valence-electron chi connectivity index (χ2n) is 9.56. The second kappa shape index (κ2) is 10.0. The largest absolute Gasteiger partial charge is 0.487 e. The standard InChI is InChI=1S/C27H33N3O4/c1-2-3-4-5-6-7-8-9-22(31)29-25-24-19-16-17(10-12-20(19)34-26(24)25)33-21-14-15-28-27-18(21)11-13-23(32)30-27/h10,12,14-16,24-26H,2-9,11,13H2,1H3,(H,29,31)(H,28,30,32)/t24-,25+,26-/m0/s1. The Morgan fingerprint density at radius 3 is 2.82 bits per heavy atom. The fourth-order valence-corrected chi connectivity index (χ4v) is 5.06. The molecule has 0 unspecified atom stereocenters. The normalized spacial score (nSPS) is 21.6. The van der Waals surface area contributed by atoms with Crippen molar-refractivity contribution in [2.75, 3.05) is 5.32 Å². The van der Waals surface area contributed by atoms with E-state index in [4.69, 9.17) is 9.47 Å². The van der Waals surface area contributed by atoms with Crippen LogP contribution in [-0.4, -0.2) is 28.9 Å². The molecule has 0 saturated heterocycles. The van der Waals surface area contributed by atoms with Crippen molar-refractivity contribution in [3.8, 4) is 17.2 Å². The van der Waals surface area contributed by atoms with E-state index in [0.29, 0.717) is 36.6 Å². The maximum atomic E-state index is 12.4. The van der Waals surface area contributed by atoms with Crippen LogP contribution in [0.1, 0.15) is 81.8 Å². The minimum absolute atomic E-state index is 0.0205. The number of amides is 2. The van der Waals surface area contributed by atoms with Gasteiger partial charge in [0.25, 0.3) is 0 Å². The number of anilines is 1. The molecule has 0 spiro atoms. The van der Waals surface area contributed by atoms with Crippen LogP contribution < -0.4 is 20.1 Å². The molecule has 3 heterocycles. The van der Waals surface area contributed by atoms with Crippen LogP contribution in [0.5, 0.6) is 17.2 Å². The monoisotopic (exact) mass is 463 g/mol. The zero-order valence-electron chi connectivity index (χ0n) is 19.8. The molecule has 3 atom stereocenters. The Labute approximate surface area is 200 Å². The van der Waals surface area contributed by atoms with Crippen LogP contribution in [0.15, 0.2) is 30.5 Å². The number of aromatic nitrogens is 1. The Balaban J connectivity index is 1.14. The van der Waals surface area contributed by atoms with Gasteiger partial charge in [0.05, 0.1) is 12.0 Å². The molecule has 1 fully saturated rings. The van der Waals surface area contributed by atoms with Crippen LogP contribution in [-0.2, 0) is 16.0 Å². The molecule has 0 radical (unpaired) electrons. The Kier molecular flexibility index (Phi) is 6.70. The van der Waals surface area contributed by atoms with Gasteiger partial charge in [0.1, 0.15) is 29.2 Å². The number of fused-ring (bicyclic) bond motifs is 4. The number of hydrogen-bond acceptors (Lipinski definition) is 5. The van der Waals surface area contributed by atoms with Gasteiger partial charge in [-0.05, 0) is 37.1 Å². The number of nitrogens with one attached hydrogen (secondary N) is 2. The van der Waals surface area contributed by atoms with Crippen molar-refractivity contribution in [1.82, 2.24) is 10.3 Å². The summed E-state index contributed by atoms with van der Waals surface area (Å²) in [5.41, 5.74) is 2.00. The predicted octanol–water partition coefficient (Wildman–Crippen LogP) is 5.24. The first-order chi connectivity index (χ1) is 16.6. The van der Waals surface area contributed by atoms with Gasteiger partial charge in [-0.15, -0.1) is 0 Å². The molecule has 1 aromatic carbocycles. The van der Waals surface area contributed by atoms with Gasteiger partial charge in [-0.1, -0.05) is 45.4 Å². The van der Waals surface area contributed by atoms with Gasteiger partial charge >= 0.3 is 0 Å². The summed E-state index contributed by atoms with van der Waals surface area (Å²) in [6, 6.07) is 7.71. The van der Waals surface area contributed by atoms with Gasteiger partial charge in [-0.3, -0.25) is 9.59 Å². The van der Waals surface area contributed by atoms with Crippen LogP contribution >= 0.6 is 0 Å².